The van der Waals surface area contributed by atoms with Crippen molar-refractivity contribution >= 4 is 82.4 Å². The summed E-state index contributed by atoms with van der Waals surface area (Å²) >= 11 is 0. The molecule has 3 nitrogen and oxygen atoms in total. The summed E-state index contributed by atoms with van der Waals surface area (Å²) in [7, 11) is 0. The summed E-state index contributed by atoms with van der Waals surface area (Å²) in [5.41, 5.74) is 8.67. The van der Waals surface area contributed by atoms with Crippen LogP contribution in [0.3, 0.4) is 0 Å². The lowest BCUT2D eigenvalue weighted by molar-refractivity contribution is 0.672. The van der Waals surface area contributed by atoms with Gasteiger partial charge in [-0.15, -0.1) is 0 Å². The molecule has 0 bridgehead atoms. The average Bonchev–Trinajstić information content (AvgIpc) is 3.68. The van der Waals surface area contributed by atoms with Gasteiger partial charge >= 0.3 is 0 Å². The zero-order chi connectivity index (χ0) is 30.9. The van der Waals surface area contributed by atoms with E-state index in [2.05, 4.69) is 173 Å². The van der Waals surface area contributed by atoms with Gasteiger partial charge in [-0.25, -0.2) is 0 Å². The number of fused-ring (bicyclic) bond motifs is 9. The lowest BCUT2D eigenvalue weighted by Crippen LogP contribution is -2.10. The Balaban J connectivity index is 1.26. The Morgan fingerprint density at radius 2 is 1.04 bits per heavy atom. The van der Waals surface area contributed by atoms with Gasteiger partial charge in [0.05, 0.1) is 16.7 Å². The lowest BCUT2D eigenvalue weighted by Gasteiger charge is -2.27. The van der Waals surface area contributed by atoms with Crippen LogP contribution in [0.5, 0.6) is 0 Å². The zero-order valence-corrected chi connectivity index (χ0v) is 25.5. The molecule has 10 aromatic rings. The SMILES string of the molecule is c1ccc(-n2c3ccccc3c3cc(N(c4ccc5ccc6c7ccccc7oc6c5c4)c4cccc5ccccc45)ccc32)cc1. The van der Waals surface area contributed by atoms with Crippen LogP contribution in [0.1, 0.15) is 0 Å². The van der Waals surface area contributed by atoms with Crippen molar-refractivity contribution in [3.63, 3.8) is 0 Å². The van der Waals surface area contributed by atoms with Gasteiger partial charge in [-0.3, -0.25) is 0 Å². The number of hydrogen-bond acceptors (Lipinski definition) is 2. The van der Waals surface area contributed by atoms with E-state index in [0.717, 1.165) is 55.5 Å². The largest absolute Gasteiger partial charge is 0.455 e. The fourth-order valence-electron chi connectivity index (χ4n) is 7.42. The normalized spacial score (nSPS) is 11.8. The molecule has 0 saturated heterocycles. The maximum absolute atomic E-state index is 6.51. The Bertz CT molecular complexity index is 2800. The number of anilines is 3. The van der Waals surface area contributed by atoms with Crippen molar-refractivity contribution in [3.8, 4) is 5.69 Å². The first-order chi connectivity index (χ1) is 23.3. The fraction of sp³-hybridized carbons (Fsp3) is 0. The van der Waals surface area contributed by atoms with E-state index in [9.17, 15) is 0 Å². The van der Waals surface area contributed by atoms with E-state index in [1.807, 2.05) is 6.07 Å². The molecule has 10 rings (SSSR count). The topological polar surface area (TPSA) is 21.3 Å². The van der Waals surface area contributed by atoms with E-state index in [1.54, 1.807) is 0 Å². The summed E-state index contributed by atoms with van der Waals surface area (Å²) in [6.07, 6.45) is 0. The van der Waals surface area contributed by atoms with Crippen LogP contribution in [-0.4, -0.2) is 4.57 Å². The lowest BCUT2D eigenvalue weighted by atomic mass is 10.0. The van der Waals surface area contributed by atoms with Crippen molar-refractivity contribution in [2.75, 3.05) is 4.90 Å². The minimum Gasteiger partial charge on any atom is -0.455 e. The molecule has 0 aliphatic heterocycles. The highest BCUT2D eigenvalue weighted by molar-refractivity contribution is 6.16. The standard InChI is InChI=1S/C44H28N2O/c1-2-13-31(14-3-1)46-41-18-8-6-16-35(41)39-28-33(24-26-42(39)46)45(40-19-10-12-29-11-4-5-15-34(29)40)32-23-21-30-22-25-37-36-17-7-9-20-43(36)47-44(37)38(30)27-32/h1-28H. The molecule has 0 N–H and O–H groups in total. The van der Waals surface area contributed by atoms with Crippen molar-refractivity contribution in [2.24, 2.45) is 0 Å². The van der Waals surface area contributed by atoms with E-state index in [1.165, 1.54) is 32.6 Å². The molecule has 8 aromatic carbocycles. The molecule has 0 aliphatic carbocycles. The number of furan rings is 1. The predicted octanol–water partition coefficient (Wildman–Crippen LogP) is 12.5. The number of aromatic nitrogens is 1. The molecule has 0 spiro atoms. The van der Waals surface area contributed by atoms with Crippen LogP contribution < -0.4 is 4.90 Å². The molecule has 0 saturated carbocycles. The molecule has 47 heavy (non-hydrogen) atoms. The highest BCUT2D eigenvalue weighted by atomic mass is 16.3. The van der Waals surface area contributed by atoms with Gasteiger partial charge in [-0.2, -0.15) is 0 Å². The highest BCUT2D eigenvalue weighted by Crippen LogP contribution is 2.44. The monoisotopic (exact) mass is 600 g/mol. The van der Waals surface area contributed by atoms with Crippen molar-refractivity contribution in [2.45, 2.75) is 0 Å². The van der Waals surface area contributed by atoms with Crippen LogP contribution in [0.25, 0.3) is 71.0 Å². The number of rotatable bonds is 4. The third-order valence-electron chi connectivity index (χ3n) is 9.54. The first-order valence-electron chi connectivity index (χ1n) is 16.0. The molecule has 0 fully saturated rings. The minimum atomic E-state index is 0.909. The predicted molar refractivity (Wildman–Crippen MR) is 198 cm³/mol. The number of para-hydroxylation sites is 3. The van der Waals surface area contributed by atoms with Crippen LogP contribution in [-0.2, 0) is 0 Å². The van der Waals surface area contributed by atoms with Gasteiger partial charge in [0.15, 0.2) is 0 Å². The van der Waals surface area contributed by atoms with Gasteiger partial charge in [-0.05, 0) is 77.5 Å². The van der Waals surface area contributed by atoms with Crippen molar-refractivity contribution < 1.29 is 4.42 Å². The summed E-state index contributed by atoms with van der Waals surface area (Å²) in [6.45, 7) is 0. The van der Waals surface area contributed by atoms with Crippen molar-refractivity contribution in [1.29, 1.82) is 0 Å². The van der Waals surface area contributed by atoms with Gasteiger partial charge in [-0.1, -0.05) is 103 Å². The quantitative estimate of drug-likeness (QED) is 0.200. The molecule has 2 heterocycles. The molecule has 2 aromatic heterocycles. The molecule has 0 radical (unpaired) electrons. The van der Waals surface area contributed by atoms with Crippen LogP contribution in [0.2, 0.25) is 0 Å². The van der Waals surface area contributed by atoms with Gasteiger partial charge < -0.3 is 13.9 Å². The van der Waals surface area contributed by atoms with E-state index in [4.69, 9.17) is 4.42 Å². The summed E-state index contributed by atoms with van der Waals surface area (Å²) < 4.78 is 8.88. The Hall–Kier alpha value is -6.32. The number of nitrogens with zero attached hydrogens (tertiary/aromatic N) is 2. The summed E-state index contributed by atoms with van der Waals surface area (Å²) in [5.74, 6) is 0. The third-order valence-corrected chi connectivity index (χ3v) is 9.54. The number of hydrogen-bond donors (Lipinski definition) is 0. The van der Waals surface area contributed by atoms with Crippen LogP contribution >= 0.6 is 0 Å². The highest BCUT2D eigenvalue weighted by Gasteiger charge is 2.20. The summed E-state index contributed by atoms with van der Waals surface area (Å²) in [5, 5.41) is 9.38. The first kappa shape index (κ1) is 26.0. The Labute approximate surface area is 271 Å². The second-order valence-electron chi connectivity index (χ2n) is 12.2. The van der Waals surface area contributed by atoms with Gasteiger partial charge in [0.1, 0.15) is 11.2 Å². The maximum atomic E-state index is 6.51. The van der Waals surface area contributed by atoms with Gasteiger partial charge in [0.25, 0.3) is 0 Å². The molecular formula is C44H28N2O. The second-order valence-corrected chi connectivity index (χ2v) is 12.2. The molecule has 0 unspecified atom stereocenters. The fourth-order valence-corrected chi connectivity index (χ4v) is 7.42. The molecule has 220 valence electrons. The zero-order valence-electron chi connectivity index (χ0n) is 25.5. The number of benzene rings is 8. The third kappa shape index (κ3) is 3.93. The van der Waals surface area contributed by atoms with Gasteiger partial charge in [0.2, 0.25) is 0 Å². The van der Waals surface area contributed by atoms with Crippen molar-refractivity contribution in [3.05, 3.63) is 170 Å². The minimum absolute atomic E-state index is 0.909. The second kappa shape index (κ2) is 10.1. The molecular weight excluding hydrogens is 572 g/mol. The summed E-state index contributed by atoms with van der Waals surface area (Å²) in [4.78, 5) is 2.40. The smallest absolute Gasteiger partial charge is 0.143 e. The van der Waals surface area contributed by atoms with Crippen LogP contribution in [0, 0.1) is 0 Å². The van der Waals surface area contributed by atoms with Crippen LogP contribution in [0.4, 0.5) is 17.1 Å². The Morgan fingerprint density at radius 1 is 0.404 bits per heavy atom. The Kier molecular flexibility index (Phi) is 5.57. The summed E-state index contributed by atoms with van der Waals surface area (Å²) in [6, 6.07) is 60.8. The van der Waals surface area contributed by atoms with E-state index in [-0.39, 0.29) is 0 Å². The first-order valence-corrected chi connectivity index (χ1v) is 16.0. The molecule has 0 aliphatic rings. The molecule has 0 atom stereocenters. The Morgan fingerprint density at radius 3 is 1.94 bits per heavy atom. The molecule has 3 heteroatoms. The average molecular weight is 601 g/mol. The van der Waals surface area contributed by atoms with Crippen molar-refractivity contribution in [1.82, 2.24) is 4.57 Å². The van der Waals surface area contributed by atoms with Crippen LogP contribution in [0.15, 0.2) is 174 Å². The van der Waals surface area contributed by atoms with E-state index in [0.29, 0.717) is 0 Å². The maximum Gasteiger partial charge on any atom is 0.143 e. The van der Waals surface area contributed by atoms with E-state index >= 15 is 0 Å². The van der Waals surface area contributed by atoms with E-state index < -0.39 is 0 Å². The van der Waals surface area contributed by atoms with Gasteiger partial charge in [0, 0.05) is 49.4 Å². The molecule has 0 amide bonds.